The molecule has 0 fully saturated rings. The van der Waals surface area contributed by atoms with Crippen LogP contribution in [-0.4, -0.2) is 15.5 Å². The molecule has 1 heterocycles. The van der Waals surface area contributed by atoms with Gasteiger partial charge in [0, 0.05) is 10.7 Å². The number of carbonyl (C=O) groups excluding carboxylic acids is 1. The topological polar surface area (TPSA) is 46.9 Å². The first-order valence-corrected chi connectivity index (χ1v) is 9.31. The van der Waals surface area contributed by atoms with Gasteiger partial charge in [0.15, 0.2) is 0 Å². The Morgan fingerprint density at radius 1 is 0.964 bits per heavy atom. The van der Waals surface area contributed by atoms with Crippen molar-refractivity contribution >= 4 is 46.4 Å². The monoisotopic (exact) mass is 387 g/mol. The number of rotatable bonds is 5. The van der Waals surface area contributed by atoms with E-state index in [0.29, 0.717) is 10.7 Å². The van der Waals surface area contributed by atoms with E-state index in [9.17, 15) is 4.79 Å². The number of aromatic nitrogens is 2. The molecule has 4 rings (SSSR count). The number of carbonyl (C=O) groups is 1. The number of amides is 1. The van der Waals surface area contributed by atoms with Gasteiger partial charge in [0.05, 0.1) is 11.0 Å². The third-order valence-corrected chi connectivity index (χ3v) is 4.55. The molecule has 28 heavy (non-hydrogen) atoms. The van der Waals surface area contributed by atoms with Crippen molar-refractivity contribution < 1.29 is 4.79 Å². The van der Waals surface area contributed by atoms with E-state index in [1.54, 1.807) is 18.2 Å². The average molecular weight is 388 g/mol. The smallest absolute Gasteiger partial charge is 0.244 e. The summed E-state index contributed by atoms with van der Waals surface area (Å²) in [7, 11) is 0. The number of nitrogens with one attached hydrogen (secondary N) is 1. The Hall–Kier alpha value is -3.37. The lowest BCUT2D eigenvalue weighted by Gasteiger charge is -2.09. The molecule has 4 nitrogen and oxygen atoms in total. The van der Waals surface area contributed by atoms with Crippen molar-refractivity contribution in [3.63, 3.8) is 0 Å². The molecule has 0 aliphatic heterocycles. The first-order chi connectivity index (χ1) is 13.7. The first kappa shape index (κ1) is 18.0. The van der Waals surface area contributed by atoms with Gasteiger partial charge in [-0.25, -0.2) is 4.98 Å². The summed E-state index contributed by atoms with van der Waals surface area (Å²) in [5, 5.41) is 3.47. The zero-order chi connectivity index (χ0) is 19.3. The number of fused-ring (bicyclic) bond motifs is 1. The predicted octanol–water partition coefficient (Wildman–Crippen LogP) is 5.50. The van der Waals surface area contributed by atoms with Gasteiger partial charge >= 0.3 is 0 Å². The van der Waals surface area contributed by atoms with Crippen LogP contribution in [0, 0.1) is 0 Å². The number of imidazole rings is 1. The molecule has 1 aromatic heterocycles. The largest absolute Gasteiger partial charge is 0.324 e. The maximum atomic E-state index is 12.6. The second kappa shape index (κ2) is 8.11. The molecular formula is C23H18ClN3O. The van der Waals surface area contributed by atoms with Crippen LogP contribution >= 0.6 is 11.6 Å². The van der Waals surface area contributed by atoms with E-state index in [0.717, 1.165) is 22.4 Å². The molecule has 0 radical (unpaired) electrons. The molecular weight excluding hydrogens is 370 g/mol. The van der Waals surface area contributed by atoms with E-state index in [1.807, 2.05) is 77.4 Å². The lowest BCUT2D eigenvalue weighted by Crippen LogP contribution is -2.19. The highest BCUT2D eigenvalue weighted by Gasteiger charge is 2.12. The highest BCUT2D eigenvalue weighted by Crippen LogP contribution is 2.19. The molecule has 1 N–H and O–H groups in total. The van der Waals surface area contributed by atoms with Crippen molar-refractivity contribution in [1.82, 2.24) is 9.55 Å². The van der Waals surface area contributed by atoms with Crippen LogP contribution in [0.2, 0.25) is 5.02 Å². The number of benzene rings is 3. The van der Waals surface area contributed by atoms with Crippen LogP contribution in [-0.2, 0) is 11.3 Å². The van der Waals surface area contributed by atoms with Crippen molar-refractivity contribution in [3.05, 3.63) is 95.3 Å². The number of anilines is 1. The van der Waals surface area contributed by atoms with Crippen molar-refractivity contribution in [2.24, 2.45) is 0 Å². The van der Waals surface area contributed by atoms with Crippen molar-refractivity contribution in [2.75, 3.05) is 5.32 Å². The van der Waals surface area contributed by atoms with Gasteiger partial charge in [0.25, 0.3) is 0 Å². The summed E-state index contributed by atoms with van der Waals surface area (Å²) in [6.45, 7) is 0.154. The first-order valence-electron chi connectivity index (χ1n) is 8.93. The Bertz CT molecular complexity index is 1150. The lowest BCUT2D eigenvalue weighted by molar-refractivity contribution is -0.116. The molecule has 0 atom stereocenters. The molecule has 0 saturated carbocycles. The maximum Gasteiger partial charge on any atom is 0.244 e. The molecule has 0 aliphatic carbocycles. The molecule has 4 aromatic rings. The van der Waals surface area contributed by atoms with Crippen molar-refractivity contribution in [1.29, 1.82) is 0 Å². The van der Waals surface area contributed by atoms with E-state index >= 15 is 0 Å². The van der Waals surface area contributed by atoms with E-state index in [1.165, 1.54) is 0 Å². The Labute approximate surface area is 168 Å². The average Bonchev–Trinajstić information content (AvgIpc) is 3.05. The second-order valence-corrected chi connectivity index (χ2v) is 6.78. The van der Waals surface area contributed by atoms with Crippen LogP contribution in [0.5, 0.6) is 0 Å². The van der Waals surface area contributed by atoms with Gasteiger partial charge in [-0.3, -0.25) is 4.79 Å². The summed E-state index contributed by atoms with van der Waals surface area (Å²) in [5.74, 6) is 0.589. The van der Waals surface area contributed by atoms with Crippen molar-refractivity contribution in [3.8, 4) is 0 Å². The van der Waals surface area contributed by atoms with Crippen molar-refractivity contribution in [2.45, 2.75) is 6.54 Å². The van der Waals surface area contributed by atoms with Gasteiger partial charge in [-0.2, -0.15) is 0 Å². The van der Waals surface area contributed by atoms with Gasteiger partial charge in [-0.15, -0.1) is 0 Å². The quantitative estimate of drug-likeness (QED) is 0.491. The van der Waals surface area contributed by atoms with Gasteiger partial charge in [-0.05, 0) is 42.0 Å². The molecule has 1 amide bonds. The van der Waals surface area contributed by atoms with E-state index in [-0.39, 0.29) is 12.5 Å². The minimum absolute atomic E-state index is 0.139. The standard InChI is InChI=1S/C23H18ClN3O/c24-18-9-6-10-19(15-18)25-23(28)16-27-21-12-5-4-11-20(21)26-22(27)14-13-17-7-2-1-3-8-17/h1-15H,16H2,(H,25,28). The lowest BCUT2D eigenvalue weighted by atomic mass is 10.2. The number of halogens is 1. The fourth-order valence-electron chi connectivity index (χ4n) is 3.03. The Morgan fingerprint density at radius 3 is 2.57 bits per heavy atom. The molecule has 0 aliphatic rings. The van der Waals surface area contributed by atoms with E-state index in [2.05, 4.69) is 10.3 Å². The highest BCUT2D eigenvalue weighted by atomic mass is 35.5. The zero-order valence-electron chi connectivity index (χ0n) is 15.0. The summed E-state index contributed by atoms with van der Waals surface area (Å²) in [5.41, 5.74) is 3.51. The predicted molar refractivity (Wildman–Crippen MR) is 115 cm³/mol. The fourth-order valence-corrected chi connectivity index (χ4v) is 3.22. The number of hydrogen-bond acceptors (Lipinski definition) is 2. The van der Waals surface area contributed by atoms with Crippen LogP contribution in [0.25, 0.3) is 23.2 Å². The molecule has 0 bridgehead atoms. The number of para-hydroxylation sites is 2. The summed E-state index contributed by atoms with van der Waals surface area (Å²) < 4.78 is 1.91. The number of nitrogens with zero attached hydrogens (tertiary/aromatic N) is 2. The Balaban J connectivity index is 1.63. The Kier molecular flexibility index (Phi) is 5.22. The molecule has 0 saturated heterocycles. The number of hydrogen-bond donors (Lipinski definition) is 1. The molecule has 0 spiro atoms. The second-order valence-electron chi connectivity index (χ2n) is 6.35. The maximum absolute atomic E-state index is 12.6. The van der Waals surface area contributed by atoms with Crippen LogP contribution in [0.1, 0.15) is 11.4 Å². The normalized spacial score (nSPS) is 11.2. The molecule has 138 valence electrons. The third-order valence-electron chi connectivity index (χ3n) is 4.32. The summed E-state index contributed by atoms with van der Waals surface area (Å²) >= 11 is 6.00. The van der Waals surface area contributed by atoms with Gasteiger partial charge < -0.3 is 9.88 Å². The summed E-state index contributed by atoms with van der Waals surface area (Å²) in [6, 6.07) is 24.9. The minimum Gasteiger partial charge on any atom is -0.324 e. The highest BCUT2D eigenvalue weighted by molar-refractivity contribution is 6.30. The SMILES string of the molecule is O=C(Cn1c(C=Cc2ccccc2)nc2ccccc21)Nc1cccc(Cl)c1. The van der Waals surface area contributed by atoms with Crippen LogP contribution in [0.15, 0.2) is 78.9 Å². The van der Waals surface area contributed by atoms with E-state index in [4.69, 9.17) is 11.6 Å². The minimum atomic E-state index is -0.139. The molecule has 0 unspecified atom stereocenters. The van der Waals surface area contributed by atoms with Crippen LogP contribution < -0.4 is 5.32 Å². The molecule has 3 aromatic carbocycles. The van der Waals surface area contributed by atoms with Gasteiger partial charge in [0.2, 0.25) is 5.91 Å². The van der Waals surface area contributed by atoms with Crippen LogP contribution in [0.4, 0.5) is 5.69 Å². The summed E-state index contributed by atoms with van der Waals surface area (Å²) in [4.78, 5) is 17.3. The molecule has 5 heteroatoms. The zero-order valence-corrected chi connectivity index (χ0v) is 15.8. The Morgan fingerprint density at radius 2 is 1.75 bits per heavy atom. The van der Waals surface area contributed by atoms with Gasteiger partial charge in [0.1, 0.15) is 12.4 Å². The van der Waals surface area contributed by atoms with Crippen LogP contribution in [0.3, 0.4) is 0 Å². The van der Waals surface area contributed by atoms with Gasteiger partial charge in [-0.1, -0.05) is 66.2 Å². The van der Waals surface area contributed by atoms with E-state index < -0.39 is 0 Å². The third kappa shape index (κ3) is 4.13. The fraction of sp³-hybridized carbons (Fsp3) is 0.0435. The summed E-state index contributed by atoms with van der Waals surface area (Å²) in [6.07, 6.45) is 3.93.